The zero-order valence-corrected chi connectivity index (χ0v) is 10.8. The number of hydrogen-bond donors (Lipinski definition) is 2. The van der Waals surface area contributed by atoms with Crippen molar-refractivity contribution >= 4 is 18.0 Å². The number of carbonyl (C=O) groups is 2. The topological polar surface area (TPSA) is 75.6 Å². The lowest BCUT2D eigenvalue weighted by Gasteiger charge is -2.04. The number of aliphatic carboxylic acids is 1. The molecule has 0 saturated heterocycles. The summed E-state index contributed by atoms with van der Waals surface area (Å²) in [7, 11) is 0. The molecule has 1 rings (SSSR count). The van der Waals surface area contributed by atoms with Gasteiger partial charge in [0.2, 0.25) is 5.91 Å². The van der Waals surface area contributed by atoms with Crippen LogP contribution in [0.25, 0.3) is 6.08 Å². The molecule has 0 bridgehead atoms. The first-order valence-electron chi connectivity index (χ1n) is 6.02. The summed E-state index contributed by atoms with van der Waals surface area (Å²) in [6.45, 7) is 2.28. The van der Waals surface area contributed by atoms with Crippen LogP contribution < -0.4 is 10.1 Å². The van der Waals surface area contributed by atoms with E-state index in [2.05, 4.69) is 5.32 Å². The standard InChI is InChI=1S/C14H17NO4/c1-2-8-19-12-5-3-4-11(9-12)6-7-13(16)15-10-14(17)18/h3-7,9H,2,8,10H2,1H3,(H,15,16)(H,17,18)/b7-6+. The second kappa shape index (κ2) is 7.92. The van der Waals surface area contributed by atoms with Crippen LogP contribution in [-0.4, -0.2) is 30.1 Å². The minimum Gasteiger partial charge on any atom is -0.494 e. The zero-order chi connectivity index (χ0) is 14.1. The van der Waals surface area contributed by atoms with E-state index in [1.807, 2.05) is 31.2 Å². The first-order valence-corrected chi connectivity index (χ1v) is 6.02. The third kappa shape index (κ3) is 6.26. The molecule has 0 aliphatic rings. The average molecular weight is 263 g/mol. The van der Waals surface area contributed by atoms with Gasteiger partial charge in [-0.1, -0.05) is 19.1 Å². The highest BCUT2D eigenvalue weighted by Crippen LogP contribution is 2.14. The van der Waals surface area contributed by atoms with Crippen LogP contribution in [0, 0.1) is 0 Å². The predicted molar refractivity (Wildman–Crippen MR) is 71.9 cm³/mol. The highest BCUT2D eigenvalue weighted by atomic mass is 16.5. The lowest BCUT2D eigenvalue weighted by Crippen LogP contribution is -2.27. The normalized spacial score (nSPS) is 10.4. The molecule has 5 nitrogen and oxygen atoms in total. The minimum atomic E-state index is -1.07. The lowest BCUT2D eigenvalue weighted by molar-refractivity contribution is -0.137. The van der Waals surface area contributed by atoms with Gasteiger partial charge in [0.15, 0.2) is 0 Å². The van der Waals surface area contributed by atoms with Gasteiger partial charge in [-0.3, -0.25) is 9.59 Å². The molecule has 0 saturated carbocycles. The Morgan fingerprint density at radius 3 is 2.89 bits per heavy atom. The summed E-state index contributed by atoms with van der Waals surface area (Å²) in [4.78, 5) is 21.6. The number of hydrogen-bond acceptors (Lipinski definition) is 3. The van der Waals surface area contributed by atoms with Crippen molar-refractivity contribution in [1.82, 2.24) is 5.32 Å². The van der Waals surface area contributed by atoms with Crippen LogP contribution in [0.2, 0.25) is 0 Å². The van der Waals surface area contributed by atoms with Crippen molar-refractivity contribution in [3.05, 3.63) is 35.9 Å². The average Bonchev–Trinajstić information content (AvgIpc) is 2.41. The van der Waals surface area contributed by atoms with Crippen molar-refractivity contribution < 1.29 is 19.4 Å². The molecule has 1 aromatic rings. The lowest BCUT2D eigenvalue weighted by atomic mass is 10.2. The molecule has 1 aromatic carbocycles. The molecular formula is C14H17NO4. The molecule has 2 N–H and O–H groups in total. The van der Waals surface area contributed by atoms with Gasteiger partial charge in [0.1, 0.15) is 12.3 Å². The smallest absolute Gasteiger partial charge is 0.322 e. The molecule has 19 heavy (non-hydrogen) atoms. The molecule has 5 heteroatoms. The molecule has 0 aliphatic carbocycles. The summed E-state index contributed by atoms with van der Waals surface area (Å²) in [5.41, 5.74) is 0.819. The molecule has 0 atom stereocenters. The molecule has 0 spiro atoms. The van der Waals surface area contributed by atoms with Gasteiger partial charge in [0.05, 0.1) is 6.61 Å². The van der Waals surface area contributed by atoms with E-state index >= 15 is 0 Å². The summed E-state index contributed by atoms with van der Waals surface area (Å²) in [5, 5.41) is 10.7. The van der Waals surface area contributed by atoms with Gasteiger partial charge in [-0.25, -0.2) is 0 Å². The molecule has 0 aromatic heterocycles. The number of nitrogens with one attached hydrogen (secondary N) is 1. The fourth-order valence-electron chi connectivity index (χ4n) is 1.32. The van der Waals surface area contributed by atoms with Gasteiger partial charge >= 0.3 is 5.97 Å². The Balaban J connectivity index is 2.55. The number of rotatable bonds is 7. The van der Waals surface area contributed by atoms with Crippen molar-refractivity contribution in [2.75, 3.05) is 13.2 Å². The Morgan fingerprint density at radius 2 is 2.21 bits per heavy atom. The quantitative estimate of drug-likeness (QED) is 0.734. The SMILES string of the molecule is CCCOc1cccc(/C=C/C(=O)NCC(=O)O)c1. The van der Waals surface area contributed by atoms with E-state index < -0.39 is 11.9 Å². The van der Waals surface area contributed by atoms with Crippen molar-refractivity contribution in [3.63, 3.8) is 0 Å². The summed E-state index contributed by atoms with van der Waals surface area (Å²) in [5.74, 6) is -0.770. The highest BCUT2D eigenvalue weighted by Gasteiger charge is 1.99. The number of carboxylic acid groups (broad SMARTS) is 1. The van der Waals surface area contributed by atoms with E-state index in [0.29, 0.717) is 6.61 Å². The van der Waals surface area contributed by atoms with E-state index in [4.69, 9.17) is 9.84 Å². The molecular weight excluding hydrogens is 246 g/mol. The van der Waals surface area contributed by atoms with E-state index in [0.717, 1.165) is 17.7 Å². The Kier molecular flexibility index (Phi) is 6.15. The van der Waals surface area contributed by atoms with Crippen molar-refractivity contribution in [1.29, 1.82) is 0 Å². The molecule has 0 radical (unpaired) electrons. The van der Waals surface area contributed by atoms with Gasteiger partial charge in [-0.2, -0.15) is 0 Å². The van der Waals surface area contributed by atoms with Gasteiger partial charge < -0.3 is 15.2 Å². The number of carboxylic acids is 1. The highest BCUT2D eigenvalue weighted by molar-refractivity contribution is 5.93. The van der Waals surface area contributed by atoms with Crippen LogP contribution in [0.5, 0.6) is 5.75 Å². The largest absolute Gasteiger partial charge is 0.494 e. The second-order valence-electron chi connectivity index (χ2n) is 3.87. The third-order valence-corrected chi connectivity index (χ3v) is 2.17. The number of carbonyl (C=O) groups excluding carboxylic acids is 1. The maximum atomic E-state index is 11.3. The van der Waals surface area contributed by atoms with Crippen molar-refractivity contribution in [2.45, 2.75) is 13.3 Å². The van der Waals surface area contributed by atoms with Gasteiger partial charge in [-0.15, -0.1) is 0 Å². The van der Waals surface area contributed by atoms with Crippen LogP contribution in [0.4, 0.5) is 0 Å². The first-order chi connectivity index (χ1) is 9.11. The first kappa shape index (κ1) is 14.8. The zero-order valence-electron chi connectivity index (χ0n) is 10.8. The third-order valence-electron chi connectivity index (χ3n) is 2.17. The van der Waals surface area contributed by atoms with E-state index in [1.54, 1.807) is 6.08 Å². The Labute approximate surface area is 111 Å². The van der Waals surface area contributed by atoms with E-state index in [-0.39, 0.29) is 6.54 Å². The number of ether oxygens (including phenoxy) is 1. The van der Waals surface area contributed by atoms with Gasteiger partial charge in [0, 0.05) is 6.08 Å². The molecule has 0 heterocycles. The number of benzene rings is 1. The molecule has 0 aliphatic heterocycles. The fraction of sp³-hybridized carbons (Fsp3) is 0.286. The van der Waals surface area contributed by atoms with Crippen LogP contribution in [-0.2, 0) is 9.59 Å². The monoisotopic (exact) mass is 263 g/mol. The minimum absolute atomic E-state index is 0.386. The van der Waals surface area contributed by atoms with Crippen LogP contribution in [0.3, 0.4) is 0 Å². The van der Waals surface area contributed by atoms with Crippen molar-refractivity contribution in [3.8, 4) is 5.75 Å². The molecule has 0 unspecified atom stereocenters. The van der Waals surface area contributed by atoms with Crippen LogP contribution >= 0.6 is 0 Å². The van der Waals surface area contributed by atoms with Gasteiger partial charge in [-0.05, 0) is 30.2 Å². The fourth-order valence-corrected chi connectivity index (χ4v) is 1.32. The Morgan fingerprint density at radius 1 is 1.42 bits per heavy atom. The summed E-state index contributed by atoms with van der Waals surface area (Å²) in [6, 6.07) is 7.33. The van der Waals surface area contributed by atoms with Crippen LogP contribution in [0.1, 0.15) is 18.9 Å². The van der Waals surface area contributed by atoms with E-state index in [9.17, 15) is 9.59 Å². The van der Waals surface area contributed by atoms with E-state index in [1.165, 1.54) is 6.08 Å². The summed E-state index contributed by atoms with van der Waals surface area (Å²) in [6.07, 6.45) is 3.83. The second-order valence-corrected chi connectivity index (χ2v) is 3.87. The Hall–Kier alpha value is -2.30. The van der Waals surface area contributed by atoms with Crippen molar-refractivity contribution in [2.24, 2.45) is 0 Å². The maximum absolute atomic E-state index is 11.3. The molecule has 1 amide bonds. The summed E-state index contributed by atoms with van der Waals surface area (Å²) >= 11 is 0. The summed E-state index contributed by atoms with van der Waals surface area (Å²) < 4.78 is 5.47. The number of amides is 1. The Bertz CT molecular complexity index is 468. The van der Waals surface area contributed by atoms with Gasteiger partial charge in [0.25, 0.3) is 0 Å². The molecule has 0 fully saturated rings. The predicted octanol–water partition coefficient (Wildman–Crippen LogP) is 1.69. The van der Waals surface area contributed by atoms with Crippen LogP contribution in [0.15, 0.2) is 30.3 Å². The maximum Gasteiger partial charge on any atom is 0.322 e. The molecule has 102 valence electrons.